The van der Waals surface area contributed by atoms with Crippen molar-refractivity contribution in [3.63, 3.8) is 0 Å². The quantitative estimate of drug-likeness (QED) is 0.634. The summed E-state index contributed by atoms with van der Waals surface area (Å²) in [4.78, 5) is 6.99. The lowest BCUT2D eigenvalue weighted by molar-refractivity contribution is 0.295. The lowest BCUT2D eigenvalue weighted by atomic mass is 9.86. The van der Waals surface area contributed by atoms with Gasteiger partial charge in [0.05, 0.1) is 0 Å². The van der Waals surface area contributed by atoms with Gasteiger partial charge in [-0.3, -0.25) is 5.41 Å². The van der Waals surface area contributed by atoms with Crippen LogP contribution in [-0.4, -0.2) is 23.4 Å². The first-order valence-electron chi connectivity index (χ1n) is 6.98. The van der Waals surface area contributed by atoms with Gasteiger partial charge in [0.2, 0.25) is 0 Å². The van der Waals surface area contributed by atoms with Crippen molar-refractivity contribution in [2.45, 2.75) is 40.2 Å². The van der Waals surface area contributed by atoms with E-state index < -0.39 is 0 Å². The first kappa shape index (κ1) is 13.8. The molecular weight excluding hydrogens is 236 g/mol. The number of piperidine rings is 1. The predicted molar refractivity (Wildman–Crippen MR) is 79.7 cm³/mol. The molecule has 1 fully saturated rings. The fraction of sp³-hybridized carbons (Fsp3) is 0.600. The number of rotatable bonds is 2. The zero-order chi connectivity index (χ0) is 14.2. The number of hydrogen-bond donors (Lipinski definition) is 2. The molecular formula is C15H24N4. The molecule has 1 aliphatic rings. The van der Waals surface area contributed by atoms with E-state index in [1.165, 1.54) is 6.42 Å². The molecule has 2 rings (SSSR count). The third-order valence-electron chi connectivity index (χ3n) is 4.14. The molecule has 1 aromatic rings. The van der Waals surface area contributed by atoms with Crippen molar-refractivity contribution in [3.8, 4) is 0 Å². The Hall–Kier alpha value is -1.58. The first-order chi connectivity index (χ1) is 8.88. The Bertz CT molecular complexity index is 483. The summed E-state index contributed by atoms with van der Waals surface area (Å²) in [6.45, 7) is 9.83. The molecule has 1 aliphatic heterocycles. The minimum atomic E-state index is 0.109. The monoisotopic (exact) mass is 260 g/mol. The number of nitrogens with zero attached hydrogens (tertiary/aromatic N) is 2. The lowest BCUT2D eigenvalue weighted by Crippen LogP contribution is -2.46. The second-order valence-corrected chi connectivity index (χ2v) is 5.98. The molecule has 19 heavy (non-hydrogen) atoms. The van der Waals surface area contributed by atoms with Gasteiger partial charge in [-0.2, -0.15) is 0 Å². The fourth-order valence-corrected chi connectivity index (χ4v) is 2.97. The van der Waals surface area contributed by atoms with E-state index in [1.807, 2.05) is 19.1 Å². The highest BCUT2D eigenvalue weighted by molar-refractivity contribution is 5.95. The van der Waals surface area contributed by atoms with Crippen LogP contribution in [0.4, 0.5) is 5.82 Å². The largest absolute Gasteiger partial charge is 0.384 e. The molecule has 3 unspecified atom stereocenters. The van der Waals surface area contributed by atoms with Crippen LogP contribution in [0.3, 0.4) is 0 Å². The van der Waals surface area contributed by atoms with Gasteiger partial charge < -0.3 is 10.6 Å². The highest BCUT2D eigenvalue weighted by Crippen LogP contribution is 2.30. The van der Waals surface area contributed by atoms with Crippen LogP contribution < -0.4 is 10.6 Å². The van der Waals surface area contributed by atoms with Gasteiger partial charge in [0.25, 0.3) is 0 Å². The van der Waals surface area contributed by atoms with Crippen LogP contribution in [0, 0.1) is 24.2 Å². The Morgan fingerprint density at radius 3 is 2.68 bits per heavy atom. The normalized spacial score (nSPS) is 27.4. The number of nitrogens with two attached hydrogens (primary N) is 1. The first-order valence-corrected chi connectivity index (χ1v) is 6.98. The summed E-state index contributed by atoms with van der Waals surface area (Å²) in [6.07, 6.45) is 1.27. The minimum absolute atomic E-state index is 0.109. The van der Waals surface area contributed by atoms with E-state index in [9.17, 15) is 0 Å². The van der Waals surface area contributed by atoms with Crippen molar-refractivity contribution in [2.24, 2.45) is 17.6 Å². The number of nitrogen functional groups attached to an aromatic ring is 1. The van der Waals surface area contributed by atoms with Gasteiger partial charge in [-0.25, -0.2) is 4.98 Å². The van der Waals surface area contributed by atoms with Crippen molar-refractivity contribution in [3.05, 3.63) is 23.4 Å². The summed E-state index contributed by atoms with van der Waals surface area (Å²) in [5, 5.41) is 7.60. The van der Waals surface area contributed by atoms with Crippen molar-refractivity contribution in [1.82, 2.24) is 4.98 Å². The van der Waals surface area contributed by atoms with Crippen molar-refractivity contribution >= 4 is 11.7 Å². The van der Waals surface area contributed by atoms with Crippen molar-refractivity contribution in [2.75, 3.05) is 11.4 Å². The number of hydrogen-bond acceptors (Lipinski definition) is 3. The Morgan fingerprint density at radius 2 is 2.05 bits per heavy atom. The summed E-state index contributed by atoms with van der Waals surface area (Å²) in [6, 6.07) is 4.29. The van der Waals surface area contributed by atoms with Crippen LogP contribution in [0.5, 0.6) is 0 Å². The molecule has 0 aliphatic carbocycles. The van der Waals surface area contributed by atoms with Gasteiger partial charge in [0.15, 0.2) is 0 Å². The SMILES string of the molecule is Cc1cc(C(=N)N)cc(N2CC(C)CC(C)C2C)n1. The molecule has 1 saturated heterocycles. The number of aromatic nitrogens is 1. The van der Waals surface area contributed by atoms with Gasteiger partial charge in [0.1, 0.15) is 11.7 Å². The summed E-state index contributed by atoms with van der Waals surface area (Å²) >= 11 is 0. The summed E-state index contributed by atoms with van der Waals surface area (Å²) in [5.74, 6) is 2.40. The van der Waals surface area contributed by atoms with Crippen LogP contribution >= 0.6 is 0 Å². The number of nitrogens with one attached hydrogen (secondary N) is 1. The number of pyridine rings is 1. The van der Waals surface area contributed by atoms with Crippen LogP contribution in [-0.2, 0) is 0 Å². The van der Waals surface area contributed by atoms with Gasteiger partial charge in [-0.05, 0) is 44.2 Å². The topological polar surface area (TPSA) is 66.0 Å². The van der Waals surface area contributed by atoms with E-state index in [1.54, 1.807) is 0 Å². The Morgan fingerprint density at radius 1 is 1.37 bits per heavy atom. The number of aryl methyl sites for hydroxylation is 1. The van der Waals surface area contributed by atoms with Gasteiger partial charge >= 0.3 is 0 Å². The molecule has 0 spiro atoms. The number of anilines is 1. The Labute approximate surface area is 115 Å². The predicted octanol–water partition coefficient (Wildman–Crippen LogP) is 2.54. The zero-order valence-electron chi connectivity index (χ0n) is 12.3. The van der Waals surface area contributed by atoms with E-state index in [4.69, 9.17) is 11.1 Å². The molecule has 2 heterocycles. The molecule has 0 saturated carbocycles. The van der Waals surface area contributed by atoms with E-state index in [0.29, 0.717) is 17.9 Å². The molecule has 0 amide bonds. The van der Waals surface area contributed by atoms with E-state index in [0.717, 1.165) is 23.6 Å². The molecule has 1 aromatic heterocycles. The second kappa shape index (κ2) is 5.19. The summed E-state index contributed by atoms with van der Waals surface area (Å²) in [5.41, 5.74) is 7.29. The molecule has 0 radical (unpaired) electrons. The zero-order valence-corrected chi connectivity index (χ0v) is 12.3. The Kier molecular flexibility index (Phi) is 3.78. The second-order valence-electron chi connectivity index (χ2n) is 5.98. The maximum absolute atomic E-state index is 7.60. The van der Waals surface area contributed by atoms with Crippen LogP contribution in [0.15, 0.2) is 12.1 Å². The van der Waals surface area contributed by atoms with E-state index >= 15 is 0 Å². The van der Waals surface area contributed by atoms with Crippen molar-refractivity contribution in [1.29, 1.82) is 5.41 Å². The highest BCUT2D eigenvalue weighted by atomic mass is 15.2. The van der Waals surface area contributed by atoms with Gasteiger partial charge in [-0.15, -0.1) is 0 Å². The van der Waals surface area contributed by atoms with E-state index in [2.05, 4.69) is 30.7 Å². The smallest absolute Gasteiger partial charge is 0.129 e. The van der Waals surface area contributed by atoms with Crippen LogP contribution in [0.2, 0.25) is 0 Å². The third kappa shape index (κ3) is 2.88. The minimum Gasteiger partial charge on any atom is -0.384 e. The van der Waals surface area contributed by atoms with E-state index in [-0.39, 0.29) is 5.84 Å². The summed E-state index contributed by atoms with van der Waals surface area (Å²) < 4.78 is 0. The van der Waals surface area contributed by atoms with Crippen LogP contribution in [0.25, 0.3) is 0 Å². The maximum atomic E-state index is 7.60. The summed E-state index contributed by atoms with van der Waals surface area (Å²) in [7, 11) is 0. The number of amidine groups is 1. The lowest BCUT2D eigenvalue weighted by Gasteiger charge is -2.42. The van der Waals surface area contributed by atoms with Crippen molar-refractivity contribution < 1.29 is 0 Å². The molecule has 0 aromatic carbocycles. The van der Waals surface area contributed by atoms with Gasteiger partial charge in [-0.1, -0.05) is 13.8 Å². The molecule has 0 bridgehead atoms. The average molecular weight is 260 g/mol. The fourth-order valence-electron chi connectivity index (χ4n) is 2.97. The average Bonchev–Trinajstić information content (AvgIpc) is 2.32. The maximum Gasteiger partial charge on any atom is 0.129 e. The molecule has 104 valence electrons. The third-order valence-corrected chi connectivity index (χ3v) is 4.14. The standard InChI is InChI=1S/C15H24N4/c1-9-5-10(2)12(4)19(8-9)14-7-13(15(16)17)6-11(3)18-14/h6-7,9-10,12H,5,8H2,1-4H3,(H3,16,17). The van der Waals surface area contributed by atoms with Crippen LogP contribution in [0.1, 0.15) is 38.4 Å². The Balaban J connectivity index is 2.37. The molecule has 3 N–H and O–H groups in total. The molecule has 4 heteroatoms. The molecule has 3 atom stereocenters. The molecule has 4 nitrogen and oxygen atoms in total. The highest BCUT2D eigenvalue weighted by Gasteiger charge is 2.29. The van der Waals surface area contributed by atoms with Gasteiger partial charge in [0, 0.05) is 23.8 Å².